The van der Waals surface area contributed by atoms with Gasteiger partial charge in [-0.15, -0.1) is 0 Å². The summed E-state index contributed by atoms with van der Waals surface area (Å²) in [7, 11) is -10.3. The molecule has 0 saturated carbocycles. The lowest BCUT2D eigenvalue weighted by molar-refractivity contribution is -0.0838. The fraction of sp³-hybridized carbons (Fsp3) is 1.00. The summed E-state index contributed by atoms with van der Waals surface area (Å²) >= 11 is 0. The number of hydrogen-bond donors (Lipinski definition) is 3. The molecule has 0 rings (SSSR count). The third-order valence-electron chi connectivity index (χ3n) is 3.21. The standard InChI is InChI=1S/C15H40O6Si4/c1-11-12-15(18,14(17)13-16)25(19-22(2,3)4,20-23(5,6)7)21-24(8,9)10/h14,16-18H,11-13H2,1-10H3. The molecular weight excluding hydrogens is 389 g/mol. The molecule has 0 bridgehead atoms. The van der Waals surface area contributed by atoms with Gasteiger partial charge in [0.15, 0.2) is 30.2 Å². The van der Waals surface area contributed by atoms with Crippen molar-refractivity contribution in [3.05, 3.63) is 0 Å². The summed E-state index contributed by atoms with van der Waals surface area (Å²) in [6, 6.07) is 0. The minimum atomic E-state index is -3.73. The Morgan fingerprint density at radius 3 is 1.32 bits per heavy atom. The summed E-state index contributed by atoms with van der Waals surface area (Å²) in [5.41, 5.74) is 0. The van der Waals surface area contributed by atoms with E-state index >= 15 is 0 Å². The number of aliphatic hydroxyl groups is 3. The van der Waals surface area contributed by atoms with Crippen LogP contribution in [0.4, 0.5) is 0 Å². The van der Waals surface area contributed by atoms with Crippen LogP contribution in [0.15, 0.2) is 0 Å². The maximum Gasteiger partial charge on any atom is 0.505 e. The predicted molar refractivity (Wildman–Crippen MR) is 112 cm³/mol. The van der Waals surface area contributed by atoms with Gasteiger partial charge in [-0.25, -0.2) is 0 Å². The normalized spacial score (nSPS) is 18.1. The van der Waals surface area contributed by atoms with Gasteiger partial charge in [0.1, 0.15) is 6.10 Å². The molecule has 2 unspecified atom stereocenters. The number of aliphatic hydroxyl groups excluding tert-OH is 2. The van der Waals surface area contributed by atoms with Crippen LogP contribution < -0.4 is 0 Å². The van der Waals surface area contributed by atoms with E-state index in [1.165, 1.54) is 0 Å². The van der Waals surface area contributed by atoms with Crippen molar-refractivity contribution in [2.45, 2.75) is 90.0 Å². The van der Waals surface area contributed by atoms with Gasteiger partial charge in [0.2, 0.25) is 0 Å². The Morgan fingerprint density at radius 2 is 1.12 bits per heavy atom. The molecule has 0 saturated heterocycles. The van der Waals surface area contributed by atoms with E-state index < -0.39 is 51.7 Å². The summed E-state index contributed by atoms with van der Waals surface area (Å²) in [6.45, 7) is 19.6. The van der Waals surface area contributed by atoms with Crippen molar-refractivity contribution in [3.8, 4) is 0 Å². The molecule has 25 heavy (non-hydrogen) atoms. The predicted octanol–water partition coefficient (Wildman–Crippen LogP) is 2.90. The van der Waals surface area contributed by atoms with Crippen molar-refractivity contribution in [3.63, 3.8) is 0 Å². The molecule has 0 aromatic heterocycles. The first-order valence-electron chi connectivity index (χ1n) is 9.03. The van der Waals surface area contributed by atoms with Crippen LogP contribution >= 0.6 is 0 Å². The number of hydrogen-bond acceptors (Lipinski definition) is 6. The van der Waals surface area contributed by atoms with Crippen molar-refractivity contribution >= 4 is 33.8 Å². The first-order chi connectivity index (χ1) is 10.9. The molecule has 0 heterocycles. The summed E-state index contributed by atoms with van der Waals surface area (Å²) in [5, 5.41) is 30.1. The van der Waals surface area contributed by atoms with E-state index in [0.29, 0.717) is 6.42 Å². The lowest BCUT2D eigenvalue weighted by Gasteiger charge is -2.51. The maximum atomic E-state index is 11.6. The topological polar surface area (TPSA) is 88.4 Å². The van der Waals surface area contributed by atoms with E-state index in [0.717, 1.165) is 0 Å². The van der Waals surface area contributed by atoms with Gasteiger partial charge in [-0.1, -0.05) is 13.3 Å². The van der Waals surface area contributed by atoms with Crippen molar-refractivity contribution in [2.24, 2.45) is 0 Å². The minimum absolute atomic E-state index is 0.250. The van der Waals surface area contributed by atoms with Crippen molar-refractivity contribution in [2.75, 3.05) is 6.61 Å². The lowest BCUT2D eigenvalue weighted by atomic mass is 10.1. The van der Waals surface area contributed by atoms with Crippen molar-refractivity contribution in [1.82, 2.24) is 0 Å². The first-order valence-corrected chi connectivity index (χ1v) is 21.0. The second kappa shape index (κ2) is 8.76. The van der Waals surface area contributed by atoms with Crippen LogP contribution in [-0.4, -0.2) is 67.0 Å². The molecule has 2 atom stereocenters. The maximum absolute atomic E-state index is 11.6. The molecule has 0 spiro atoms. The van der Waals surface area contributed by atoms with Crippen molar-refractivity contribution < 1.29 is 27.7 Å². The van der Waals surface area contributed by atoms with Gasteiger partial charge in [0.25, 0.3) is 0 Å². The van der Waals surface area contributed by atoms with E-state index in [9.17, 15) is 15.3 Å². The smallest absolute Gasteiger partial charge is 0.415 e. The van der Waals surface area contributed by atoms with E-state index in [1.54, 1.807) is 0 Å². The molecule has 0 aromatic carbocycles. The van der Waals surface area contributed by atoms with Gasteiger partial charge in [-0.2, -0.15) is 0 Å². The average molecular weight is 429 g/mol. The fourth-order valence-corrected chi connectivity index (χ4v) is 17.1. The van der Waals surface area contributed by atoms with Gasteiger partial charge in [0.05, 0.1) is 6.61 Å². The summed E-state index contributed by atoms with van der Waals surface area (Å²) in [5.74, 6) is 0. The first kappa shape index (κ1) is 25.6. The van der Waals surface area contributed by atoms with Crippen LogP contribution in [0.5, 0.6) is 0 Å². The molecule has 0 radical (unpaired) electrons. The summed E-state index contributed by atoms with van der Waals surface area (Å²) in [6.07, 6.45) is -0.509. The fourth-order valence-electron chi connectivity index (χ4n) is 2.59. The van der Waals surface area contributed by atoms with Gasteiger partial charge >= 0.3 is 8.80 Å². The highest BCUT2D eigenvalue weighted by atomic mass is 28.5. The molecule has 152 valence electrons. The quantitative estimate of drug-likeness (QED) is 0.439. The second-order valence-electron chi connectivity index (χ2n) is 9.57. The van der Waals surface area contributed by atoms with Crippen molar-refractivity contribution in [1.29, 1.82) is 0 Å². The third-order valence-corrected chi connectivity index (χ3v) is 15.4. The SMILES string of the molecule is CCCC(O)(C(O)CO)[Si](O[Si](C)(C)C)(O[Si](C)(C)C)O[Si](C)(C)C. The monoisotopic (exact) mass is 428 g/mol. The van der Waals surface area contributed by atoms with Crippen LogP contribution in [0.2, 0.25) is 58.9 Å². The Balaban J connectivity index is 6.53. The van der Waals surface area contributed by atoms with E-state index in [-0.39, 0.29) is 6.42 Å². The van der Waals surface area contributed by atoms with Gasteiger partial charge in [-0.3, -0.25) is 0 Å². The Hall–Kier alpha value is 0.628. The molecule has 0 fully saturated rings. The highest BCUT2D eigenvalue weighted by molar-refractivity contribution is 6.91. The Labute approximate surface area is 158 Å². The van der Waals surface area contributed by atoms with E-state index in [2.05, 4.69) is 0 Å². The molecule has 0 aliphatic rings. The molecular formula is C15H40O6Si4. The summed E-state index contributed by atoms with van der Waals surface area (Å²) < 4.78 is 19.5. The Kier molecular flexibility index (Phi) is 8.97. The Bertz CT molecular complexity index is 375. The second-order valence-corrected chi connectivity index (χ2v) is 26.7. The van der Waals surface area contributed by atoms with Crippen LogP contribution in [0.1, 0.15) is 19.8 Å². The molecule has 0 aliphatic heterocycles. The van der Waals surface area contributed by atoms with Crippen LogP contribution in [-0.2, 0) is 12.3 Å². The van der Waals surface area contributed by atoms with Gasteiger partial charge in [0, 0.05) is 0 Å². The average Bonchev–Trinajstić information content (AvgIpc) is 2.31. The molecule has 0 amide bonds. The molecule has 10 heteroatoms. The highest BCUT2D eigenvalue weighted by Crippen LogP contribution is 2.38. The zero-order valence-electron chi connectivity index (χ0n) is 17.8. The summed E-state index contributed by atoms with van der Waals surface area (Å²) in [4.78, 5) is 0. The number of rotatable bonds is 11. The van der Waals surface area contributed by atoms with Gasteiger partial charge in [-0.05, 0) is 65.3 Å². The molecule has 6 nitrogen and oxygen atoms in total. The molecule has 0 aliphatic carbocycles. The zero-order valence-corrected chi connectivity index (χ0v) is 21.8. The van der Waals surface area contributed by atoms with Crippen LogP contribution in [0.25, 0.3) is 0 Å². The largest absolute Gasteiger partial charge is 0.505 e. The van der Waals surface area contributed by atoms with Gasteiger partial charge < -0.3 is 27.7 Å². The lowest BCUT2D eigenvalue weighted by Crippen LogP contribution is -2.76. The highest BCUT2D eigenvalue weighted by Gasteiger charge is 2.67. The van der Waals surface area contributed by atoms with E-state index in [1.807, 2.05) is 65.8 Å². The minimum Gasteiger partial charge on any atom is -0.415 e. The van der Waals surface area contributed by atoms with E-state index in [4.69, 9.17) is 12.3 Å². The molecule has 3 N–H and O–H groups in total. The molecule has 0 aromatic rings. The van der Waals surface area contributed by atoms with Crippen LogP contribution in [0, 0.1) is 0 Å². The van der Waals surface area contributed by atoms with Crippen LogP contribution in [0.3, 0.4) is 0 Å². The Morgan fingerprint density at radius 1 is 0.800 bits per heavy atom. The third kappa shape index (κ3) is 8.03. The zero-order chi connectivity index (χ0) is 20.3.